The summed E-state index contributed by atoms with van der Waals surface area (Å²) in [4.78, 5) is 23.9. The molecule has 1 N–H and O–H groups in total. The third-order valence-electron chi connectivity index (χ3n) is 3.54. The van der Waals surface area contributed by atoms with Crippen molar-refractivity contribution in [3.63, 3.8) is 0 Å². The Bertz CT molecular complexity index is 607. The molecule has 0 saturated heterocycles. The molecule has 1 amide bonds. The van der Waals surface area contributed by atoms with Crippen molar-refractivity contribution in [1.82, 2.24) is 15.2 Å². The largest absolute Gasteiger partial charge is 0.351 e. The van der Waals surface area contributed by atoms with Crippen molar-refractivity contribution in [3.8, 4) is 0 Å². The number of fused-ring (bicyclic) bond motifs is 1. The lowest BCUT2D eigenvalue weighted by Gasteiger charge is -2.23. The first-order valence-corrected chi connectivity index (χ1v) is 7.96. The summed E-state index contributed by atoms with van der Waals surface area (Å²) in [5.41, 5.74) is 2.01. The lowest BCUT2D eigenvalue weighted by atomic mass is 10.2. The molecule has 0 saturated carbocycles. The second-order valence-electron chi connectivity index (χ2n) is 5.01. The molecule has 8 heteroatoms. The highest BCUT2D eigenvalue weighted by atomic mass is 35.5. The van der Waals surface area contributed by atoms with Crippen LogP contribution >= 0.6 is 36.6 Å². The number of aliphatic imine (C=N–C) groups is 1. The van der Waals surface area contributed by atoms with Crippen LogP contribution < -0.4 is 5.32 Å². The van der Waals surface area contributed by atoms with Crippen LogP contribution in [-0.4, -0.2) is 40.6 Å². The summed E-state index contributed by atoms with van der Waals surface area (Å²) in [6.07, 6.45) is 3.57. The van der Waals surface area contributed by atoms with Crippen LogP contribution in [0.2, 0.25) is 0 Å². The number of thioether (sulfide) groups is 1. The summed E-state index contributed by atoms with van der Waals surface area (Å²) in [6, 6.07) is 5.82. The first-order valence-electron chi connectivity index (χ1n) is 7.14. The molecule has 126 valence electrons. The van der Waals surface area contributed by atoms with Gasteiger partial charge >= 0.3 is 0 Å². The summed E-state index contributed by atoms with van der Waals surface area (Å²) in [5.74, 6) is -0.00877. The molecule has 3 heterocycles. The van der Waals surface area contributed by atoms with Crippen LogP contribution in [0.25, 0.3) is 0 Å². The Morgan fingerprint density at radius 2 is 2.22 bits per heavy atom. The first-order chi connectivity index (χ1) is 10.3. The Kier molecular flexibility index (Phi) is 7.88. The van der Waals surface area contributed by atoms with Gasteiger partial charge in [-0.05, 0) is 37.2 Å². The van der Waals surface area contributed by atoms with Gasteiger partial charge in [0.1, 0.15) is 0 Å². The van der Waals surface area contributed by atoms with E-state index in [2.05, 4.69) is 20.2 Å². The summed E-state index contributed by atoms with van der Waals surface area (Å²) >= 11 is 1.48. The number of pyridine rings is 1. The van der Waals surface area contributed by atoms with E-state index in [1.54, 1.807) is 6.20 Å². The van der Waals surface area contributed by atoms with Crippen molar-refractivity contribution in [1.29, 1.82) is 0 Å². The molecule has 5 nitrogen and oxygen atoms in total. The number of carbonyl (C=O) groups excluding carboxylic acids is 1. The summed E-state index contributed by atoms with van der Waals surface area (Å²) in [7, 11) is 0. The Hall–Kier alpha value is -1.24. The number of amidine groups is 1. The maximum atomic E-state index is 12.3. The van der Waals surface area contributed by atoms with E-state index in [0.29, 0.717) is 6.54 Å². The Morgan fingerprint density at radius 3 is 2.91 bits per heavy atom. The van der Waals surface area contributed by atoms with E-state index in [4.69, 9.17) is 0 Å². The SMILES string of the molecule is CC1=C(C(=O)NCCc2ccccn2)SC2=NCCCN21.Cl.Cl. The predicted molar refractivity (Wildman–Crippen MR) is 99.4 cm³/mol. The molecular formula is C15H20Cl2N4OS. The minimum absolute atomic E-state index is 0. The molecule has 0 aliphatic carbocycles. The van der Waals surface area contributed by atoms with Crippen LogP contribution in [-0.2, 0) is 11.2 Å². The lowest BCUT2D eigenvalue weighted by Crippen LogP contribution is -2.29. The molecule has 0 aromatic carbocycles. The Morgan fingerprint density at radius 1 is 1.39 bits per heavy atom. The van der Waals surface area contributed by atoms with Crippen LogP contribution in [0.5, 0.6) is 0 Å². The average molecular weight is 375 g/mol. The second-order valence-corrected chi connectivity index (χ2v) is 5.99. The van der Waals surface area contributed by atoms with Crippen molar-refractivity contribution in [2.75, 3.05) is 19.6 Å². The van der Waals surface area contributed by atoms with Gasteiger partial charge in [0.25, 0.3) is 5.91 Å². The molecule has 0 unspecified atom stereocenters. The third kappa shape index (κ3) is 4.62. The van der Waals surface area contributed by atoms with E-state index in [9.17, 15) is 4.79 Å². The van der Waals surface area contributed by atoms with E-state index >= 15 is 0 Å². The van der Waals surface area contributed by atoms with Gasteiger partial charge in [0, 0.05) is 43.6 Å². The Labute approximate surface area is 152 Å². The van der Waals surface area contributed by atoms with E-state index in [0.717, 1.165) is 47.4 Å². The smallest absolute Gasteiger partial charge is 0.259 e. The summed E-state index contributed by atoms with van der Waals surface area (Å²) in [6.45, 7) is 4.41. The van der Waals surface area contributed by atoms with Crippen molar-refractivity contribution in [2.45, 2.75) is 19.8 Å². The van der Waals surface area contributed by atoms with Crippen molar-refractivity contribution in [2.24, 2.45) is 4.99 Å². The molecule has 0 radical (unpaired) electrons. The normalized spacial score (nSPS) is 16.0. The molecule has 2 aliphatic heterocycles. The van der Waals surface area contributed by atoms with Gasteiger partial charge in [-0.25, -0.2) is 0 Å². The molecule has 23 heavy (non-hydrogen) atoms. The number of allylic oxidation sites excluding steroid dienone is 1. The fourth-order valence-electron chi connectivity index (χ4n) is 2.41. The highest BCUT2D eigenvalue weighted by Gasteiger charge is 2.31. The zero-order valence-corrected chi connectivity index (χ0v) is 15.3. The van der Waals surface area contributed by atoms with E-state index < -0.39 is 0 Å². The van der Waals surface area contributed by atoms with E-state index in [-0.39, 0.29) is 30.7 Å². The number of hydrogen-bond acceptors (Lipinski definition) is 5. The minimum Gasteiger partial charge on any atom is -0.351 e. The number of nitrogens with zero attached hydrogens (tertiary/aromatic N) is 3. The number of aromatic nitrogens is 1. The molecule has 2 aliphatic rings. The maximum Gasteiger partial charge on any atom is 0.259 e. The van der Waals surface area contributed by atoms with Crippen LogP contribution in [0.4, 0.5) is 0 Å². The number of amides is 1. The second kappa shape index (κ2) is 9.15. The Balaban J connectivity index is 0.00000132. The number of halogens is 2. The molecule has 3 rings (SSSR count). The van der Waals surface area contributed by atoms with E-state index in [1.165, 1.54) is 11.8 Å². The van der Waals surface area contributed by atoms with Crippen molar-refractivity contribution < 1.29 is 4.79 Å². The quantitative estimate of drug-likeness (QED) is 0.879. The van der Waals surface area contributed by atoms with Gasteiger partial charge < -0.3 is 10.2 Å². The lowest BCUT2D eigenvalue weighted by molar-refractivity contribution is -0.116. The molecule has 0 spiro atoms. The van der Waals surface area contributed by atoms with Gasteiger partial charge in [0.15, 0.2) is 5.17 Å². The highest BCUT2D eigenvalue weighted by Crippen LogP contribution is 2.35. The maximum absolute atomic E-state index is 12.3. The number of hydrogen-bond donors (Lipinski definition) is 1. The van der Waals surface area contributed by atoms with Gasteiger partial charge in [-0.2, -0.15) is 0 Å². The minimum atomic E-state index is -0.00877. The molecule has 1 aromatic heterocycles. The molecular weight excluding hydrogens is 355 g/mol. The molecule has 1 aromatic rings. The summed E-state index contributed by atoms with van der Waals surface area (Å²) < 4.78 is 0. The topological polar surface area (TPSA) is 57.6 Å². The zero-order valence-electron chi connectivity index (χ0n) is 12.8. The van der Waals surface area contributed by atoms with Crippen LogP contribution in [0.15, 0.2) is 40.0 Å². The van der Waals surface area contributed by atoms with Crippen LogP contribution in [0.1, 0.15) is 19.0 Å². The van der Waals surface area contributed by atoms with Crippen molar-refractivity contribution >= 4 is 47.7 Å². The predicted octanol–water partition coefficient (Wildman–Crippen LogP) is 2.62. The third-order valence-corrected chi connectivity index (χ3v) is 4.76. The average Bonchev–Trinajstić information content (AvgIpc) is 2.86. The molecule has 0 fully saturated rings. The number of carbonyl (C=O) groups is 1. The van der Waals surface area contributed by atoms with Gasteiger partial charge in [0.05, 0.1) is 4.91 Å². The van der Waals surface area contributed by atoms with Gasteiger partial charge in [0.2, 0.25) is 0 Å². The monoisotopic (exact) mass is 374 g/mol. The number of rotatable bonds is 4. The van der Waals surface area contributed by atoms with Crippen molar-refractivity contribution in [3.05, 3.63) is 40.7 Å². The highest BCUT2D eigenvalue weighted by molar-refractivity contribution is 8.18. The van der Waals surface area contributed by atoms with Crippen LogP contribution in [0.3, 0.4) is 0 Å². The van der Waals surface area contributed by atoms with Crippen LogP contribution in [0, 0.1) is 0 Å². The van der Waals surface area contributed by atoms with Gasteiger partial charge in [-0.1, -0.05) is 6.07 Å². The number of nitrogens with one attached hydrogen (secondary N) is 1. The first kappa shape index (κ1) is 19.8. The standard InChI is InChI=1S/C15H18N4OS.2ClH/c1-11-13(21-15-18-8-4-10-19(11)15)14(20)17-9-6-12-5-2-3-7-16-12;;/h2-3,5,7H,4,6,8-10H2,1H3,(H,17,20);2*1H. The van der Waals surface area contributed by atoms with Gasteiger partial charge in [-0.15, -0.1) is 24.8 Å². The molecule has 0 atom stereocenters. The fraction of sp³-hybridized carbons (Fsp3) is 0.400. The van der Waals surface area contributed by atoms with Gasteiger partial charge in [-0.3, -0.25) is 14.8 Å². The fourth-order valence-corrected chi connectivity index (χ4v) is 3.51. The van der Waals surface area contributed by atoms with E-state index in [1.807, 2.05) is 25.1 Å². The summed E-state index contributed by atoms with van der Waals surface area (Å²) in [5, 5.41) is 3.94. The molecule has 0 bridgehead atoms. The zero-order chi connectivity index (χ0) is 14.7.